The molecule has 5 nitrogen and oxygen atoms in total. The highest BCUT2D eigenvalue weighted by molar-refractivity contribution is 8.18. The van der Waals surface area contributed by atoms with Gasteiger partial charge in [-0.15, -0.1) is 0 Å². The molecule has 0 radical (unpaired) electrons. The standard InChI is InChI=1S/C30H28N4OS/c1-4-24-12-8-9-15-27(24)34-21(2)17-25(22(34)3)18-28-29(35)33(20-23-11-10-16-31-19-23)30(36-28)32-26-13-6-5-7-14-26/h5-19H,4,20H2,1-3H3/b28-18-,32-30?. The highest BCUT2D eigenvalue weighted by Crippen LogP contribution is 2.36. The second-order valence-electron chi connectivity index (χ2n) is 8.74. The van der Waals surface area contributed by atoms with Crippen LogP contribution in [0.25, 0.3) is 11.8 Å². The van der Waals surface area contributed by atoms with Gasteiger partial charge in [0.25, 0.3) is 5.91 Å². The van der Waals surface area contributed by atoms with Gasteiger partial charge in [0.05, 0.1) is 17.1 Å². The van der Waals surface area contributed by atoms with E-state index in [0.29, 0.717) is 16.6 Å². The Balaban J connectivity index is 1.54. The molecule has 4 aromatic rings. The zero-order chi connectivity index (χ0) is 25.1. The number of aryl methyl sites for hydroxylation is 2. The fourth-order valence-corrected chi connectivity index (χ4v) is 5.48. The van der Waals surface area contributed by atoms with E-state index >= 15 is 0 Å². The van der Waals surface area contributed by atoms with E-state index in [1.54, 1.807) is 17.3 Å². The van der Waals surface area contributed by atoms with Gasteiger partial charge in [0.1, 0.15) is 0 Å². The van der Waals surface area contributed by atoms with Crippen molar-refractivity contribution in [1.29, 1.82) is 0 Å². The van der Waals surface area contributed by atoms with Crippen molar-refractivity contribution in [2.24, 2.45) is 4.99 Å². The van der Waals surface area contributed by atoms with Gasteiger partial charge in [-0.3, -0.25) is 14.7 Å². The predicted octanol–water partition coefficient (Wildman–Crippen LogP) is 6.86. The van der Waals surface area contributed by atoms with E-state index in [9.17, 15) is 4.79 Å². The number of nitrogens with zero attached hydrogens (tertiary/aromatic N) is 4. The van der Waals surface area contributed by atoms with Gasteiger partial charge in [-0.25, -0.2) is 4.99 Å². The number of aromatic nitrogens is 2. The Hall–Kier alpha value is -3.90. The van der Waals surface area contributed by atoms with Crippen molar-refractivity contribution in [1.82, 2.24) is 14.5 Å². The molecular weight excluding hydrogens is 464 g/mol. The van der Waals surface area contributed by atoms with Crippen LogP contribution in [-0.2, 0) is 17.8 Å². The lowest BCUT2D eigenvalue weighted by Gasteiger charge is -2.15. The second kappa shape index (κ2) is 10.4. The third kappa shape index (κ3) is 4.77. The van der Waals surface area contributed by atoms with Gasteiger partial charge >= 0.3 is 0 Å². The number of hydrogen-bond acceptors (Lipinski definition) is 4. The summed E-state index contributed by atoms with van der Waals surface area (Å²) in [6.45, 7) is 6.82. The largest absolute Gasteiger partial charge is 0.318 e. The van der Waals surface area contributed by atoms with Crippen LogP contribution < -0.4 is 0 Å². The molecule has 6 heteroatoms. The Kier molecular flexibility index (Phi) is 6.87. The van der Waals surface area contributed by atoms with Crippen molar-refractivity contribution in [2.45, 2.75) is 33.7 Å². The zero-order valence-electron chi connectivity index (χ0n) is 20.7. The summed E-state index contributed by atoms with van der Waals surface area (Å²) in [5.74, 6) is -0.0442. The number of aliphatic imine (C=N–C) groups is 1. The molecule has 0 atom stereocenters. The third-order valence-corrected chi connectivity index (χ3v) is 7.31. The average molecular weight is 493 g/mol. The van der Waals surface area contributed by atoms with Gasteiger partial charge in [0, 0.05) is 29.5 Å². The molecular formula is C30H28N4OS. The highest BCUT2D eigenvalue weighted by atomic mass is 32.2. The van der Waals surface area contributed by atoms with E-state index in [4.69, 9.17) is 4.99 Å². The maximum Gasteiger partial charge on any atom is 0.267 e. The zero-order valence-corrected chi connectivity index (χ0v) is 21.5. The lowest BCUT2D eigenvalue weighted by Crippen LogP contribution is -2.28. The summed E-state index contributed by atoms with van der Waals surface area (Å²) in [5, 5.41) is 0.673. The van der Waals surface area contributed by atoms with Crippen molar-refractivity contribution in [3.63, 3.8) is 0 Å². The van der Waals surface area contributed by atoms with E-state index in [1.807, 2.05) is 48.5 Å². The van der Waals surface area contributed by atoms with Crippen LogP contribution >= 0.6 is 11.8 Å². The Morgan fingerprint density at radius 1 is 1.00 bits per heavy atom. The van der Waals surface area contributed by atoms with Gasteiger partial charge in [-0.1, -0.05) is 49.4 Å². The van der Waals surface area contributed by atoms with Crippen molar-refractivity contribution in [3.05, 3.63) is 118 Å². The first-order chi connectivity index (χ1) is 17.5. The Labute approximate surface area is 216 Å². The fraction of sp³-hybridized carbons (Fsp3) is 0.167. The maximum atomic E-state index is 13.6. The minimum atomic E-state index is -0.0442. The lowest BCUT2D eigenvalue weighted by molar-refractivity contribution is -0.122. The van der Waals surface area contributed by atoms with Crippen LogP contribution in [0.15, 0.2) is 95.1 Å². The molecule has 180 valence electrons. The molecule has 0 bridgehead atoms. The summed E-state index contributed by atoms with van der Waals surface area (Å²) in [6.07, 6.45) is 6.49. The quantitative estimate of drug-likeness (QED) is 0.276. The fourth-order valence-electron chi connectivity index (χ4n) is 4.49. The molecule has 0 N–H and O–H groups in total. The number of amidine groups is 1. The van der Waals surface area contributed by atoms with Crippen LogP contribution in [0, 0.1) is 13.8 Å². The SMILES string of the molecule is CCc1ccccc1-n1c(C)cc(/C=C2\SC(=Nc3ccccc3)N(Cc3cccnc3)C2=O)c1C. The van der Waals surface area contributed by atoms with Crippen molar-refractivity contribution >= 4 is 34.6 Å². The van der Waals surface area contributed by atoms with Crippen molar-refractivity contribution in [3.8, 4) is 5.69 Å². The number of thioether (sulfide) groups is 1. The summed E-state index contributed by atoms with van der Waals surface area (Å²) < 4.78 is 2.28. The molecule has 1 aliphatic heterocycles. The Bertz CT molecular complexity index is 1460. The van der Waals surface area contributed by atoms with Crippen LogP contribution in [0.1, 0.15) is 35.0 Å². The first-order valence-electron chi connectivity index (χ1n) is 12.1. The van der Waals surface area contributed by atoms with Crippen molar-refractivity contribution < 1.29 is 4.79 Å². The molecule has 0 spiro atoms. The van der Waals surface area contributed by atoms with E-state index < -0.39 is 0 Å². The number of para-hydroxylation sites is 2. The first kappa shape index (κ1) is 23.8. The second-order valence-corrected chi connectivity index (χ2v) is 9.75. The molecule has 1 aliphatic rings. The Morgan fingerprint density at radius 3 is 2.53 bits per heavy atom. The maximum absolute atomic E-state index is 13.6. The van der Waals surface area contributed by atoms with Crippen LogP contribution in [0.5, 0.6) is 0 Å². The molecule has 1 saturated heterocycles. The number of pyridine rings is 1. The predicted molar refractivity (Wildman–Crippen MR) is 149 cm³/mol. The minimum absolute atomic E-state index is 0.0442. The van der Waals surface area contributed by atoms with Gasteiger partial charge in [0.2, 0.25) is 0 Å². The normalized spacial score (nSPS) is 15.9. The molecule has 3 heterocycles. The van der Waals surface area contributed by atoms with E-state index in [1.165, 1.54) is 23.0 Å². The summed E-state index contributed by atoms with van der Waals surface area (Å²) in [4.78, 5) is 25.0. The van der Waals surface area contributed by atoms with Crippen molar-refractivity contribution in [2.75, 3.05) is 0 Å². The van der Waals surface area contributed by atoms with Gasteiger partial charge < -0.3 is 4.57 Å². The van der Waals surface area contributed by atoms with Gasteiger partial charge in [-0.05, 0) is 85.1 Å². The lowest BCUT2D eigenvalue weighted by atomic mass is 10.1. The highest BCUT2D eigenvalue weighted by Gasteiger charge is 2.34. The van der Waals surface area contributed by atoms with Gasteiger partial charge in [-0.2, -0.15) is 0 Å². The molecule has 1 amide bonds. The molecule has 0 aliphatic carbocycles. The van der Waals surface area contributed by atoms with Crippen LogP contribution in [0.3, 0.4) is 0 Å². The molecule has 36 heavy (non-hydrogen) atoms. The average Bonchev–Trinajstić information content (AvgIpc) is 3.34. The minimum Gasteiger partial charge on any atom is -0.318 e. The van der Waals surface area contributed by atoms with Crippen LogP contribution in [0.4, 0.5) is 5.69 Å². The molecule has 0 saturated carbocycles. The Morgan fingerprint density at radius 2 is 1.78 bits per heavy atom. The smallest absolute Gasteiger partial charge is 0.267 e. The summed E-state index contributed by atoms with van der Waals surface area (Å²) in [7, 11) is 0. The van der Waals surface area contributed by atoms with Crippen LogP contribution in [0.2, 0.25) is 0 Å². The van der Waals surface area contributed by atoms with E-state index in [0.717, 1.165) is 34.6 Å². The first-order valence-corrected chi connectivity index (χ1v) is 12.9. The van der Waals surface area contributed by atoms with E-state index in [2.05, 4.69) is 60.7 Å². The molecule has 2 aromatic carbocycles. The topological polar surface area (TPSA) is 50.5 Å². The molecule has 0 unspecified atom stereocenters. The van der Waals surface area contributed by atoms with Gasteiger partial charge in [0.15, 0.2) is 5.17 Å². The van der Waals surface area contributed by atoms with E-state index in [-0.39, 0.29) is 5.91 Å². The number of benzene rings is 2. The summed E-state index contributed by atoms with van der Waals surface area (Å²) in [6, 6.07) is 24.3. The number of rotatable bonds is 6. The number of hydrogen-bond donors (Lipinski definition) is 0. The number of carbonyl (C=O) groups is 1. The summed E-state index contributed by atoms with van der Waals surface area (Å²) >= 11 is 1.42. The number of carbonyl (C=O) groups excluding carboxylic acids is 1. The molecule has 1 fully saturated rings. The summed E-state index contributed by atoms with van der Waals surface area (Å²) in [5.41, 5.74) is 7.56. The molecule has 2 aromatic heterocycles. The monoisotopic (exact) mass is 492 g/mol. The molecule has 5 rings (SSSR count). The third-order valence-electron chi connectivity index (χ3n) is 6.30. The van der Waals surface area contributed by atoms with Crippen LogP contribution in [-0.4, -0.2) is 25.5 Å². The number of amides is 1.